The molecule has 0 saturated carbocycles. The molecule has 2 amide bonds. The molecule has 3 saturated heterocycles. The van der Waals surface area contributed by atoms with Gasteiger partial charge in [0.2, 0.25) is 11.8 Å². The molecule has 24 heavy (non-hydrogen) atoms. The summed E-state index contributed by atoms with van der Waals surface area (Å²) in [5.74, 6) is 0.195. The van der Waals surface area contributed by atoms with Crippen LogP contribution in [0, 0.1) is 0 Å². The average Bonchev–Trinajstić information content (AvgIpc) is 3.28. The summed E-state index contributed by atoms with van der Waals surface area (Å²) in [6, 6.07) is 0.812. The van der Waals surface area contributed by atoms with Crippen LogP contribution >= 0.6 is 11.3 Å². The fourth-order valence-electron chi connectivity index (χ4n) is 4.19. The van der Waals surface area contributed by atoms with E-state index in [2.05, 4.69) is 15.2 Å². The minimum Gasteiger partial charge on any atom is -0.351 e. The Kier molecular flexibility index (Phi) is 4.54. The first kappa shape index (κ1) is 16.0. The smallest absolute Gasteiger partial charge is 0.228 e. The van der Waals surface area contributed by atoms with E-state index in [1.165, 1.54) is 37.1 Å². The van der Waals surface area contributed by atoms with E-state index in [0.717, 1.165) is 36.8 Å². The van der Waals surface area contributed by atoms with Crippen LogP contribution in [0.15, 0.2) is 5.38 Å². The highest BCUT2D eigenvalue weighted by Gasteiger charge is 2.36. The Morgan fingerprint density at radius 2 is 2.17 bits per heavy atom. The van der Waals surface area contributed by atoms with E-state index in [9.17, 15) is 9.59 Å². The van der Waals surface area contributed by atoms with E-state index in [1.807, 2.05) is 5.38 Å². The molecule has 4 rings (SSSR count). The van der Waals surface area contributed by atoms with Gasteiger partial charge in [0, 0.05) is 37.0 Å². The molecule has 0 aliphatic carbocycles. The molecule has 0 aromatic carbocycles. The zero-order valence-electron chi connectivity index (χ0n) is 13.9. The molecular formula is C17H24N4O2S. The number of amides is 2. The molecule has 1 aromatic rings. The summed E-state index contributed by atoms with van der Waals surface area (Å²) in [5.41, 5.74) is 0.769. The normalized spacial score (nSPS) is 27.5. The Morgan fingerprint density at radius 1 is 1.25 bits per heavy atom. The second-order valence-corrected chi connectivity index (χ2v) is 7.85. The van der Waals surface area contributed by atoms with Gasteiger partial charge in [0.1, 0.15) is 0 Å². The van der Waals surface area contributed by atoms with Gasteiger partial charge in [-0.15, -0.1) is 11.3 Å². The SMILES string of the molecule is O=C(Cc1csc(N2CCCC2=O)n1)N[C@@H]1CCN2CCCC[C@H]12. The lowest BCUT2D eigenvalue weighted by Gasteiger charge is -2.32. The van der Waals surface area contributed by atoms with Crippen molar-refractivity contribution < 1.29 is 9.59 Å². The highest BCUT2D eigenvalue weighted by Crippen LogP contribution is 2.28. The first-order valence-electron chi connectivity index (χ1n) is 8.99. The number of rotatable bonds is 4. The molecular weight excluding hydrogens is 324 g/mol. The maximum Gasteiger partial charge on any atom is 0.228 e. The maximum atomic E-state index is 12.4. The zero-order chi connectivity index (χ0) is 16.5. The fourth-order valence-corrected chi connectivity index (χ4v) is 5.06. The van der Waals surface area contributed by atoms with Crippen molar-refractivity contribution >= 4 is 28.3 Å². The predicted molar refractivity (Wildman–Crippen MR) is 93.2 cm³/mol. The van der Waals surface area contributed by atoms with E-state index >= 15 is 0 Å². The molecule has 0 bridgehead atoms. The first-order valence-corrected chi connectivity index (χ1v) is 9.87. The van der Waals surface area contributed by atoms with Crippen molar-refractivity contribution in [2.24, 2.45) is 0 Å². The van der Waals surface area contributed by atoms with Gasteiger partial charge >= 0.3 is 0 Å². The van der Waals surface area contributed by atoms with Crippen LogP contribution in [0.1, 0.15) is 44.2 Å². The second kappa shape index (κ2) is 6.80. The first-order chi connectivity index (χ1) is 11.7. The molecule has 1 N–H and O–H groups in total. The van der Waals surface area contributed by atoms with Gasteiger partial charge in [-0.25, -0.2) is 4.98 Å². The summed E-state index contributed by atoms with van der Waals surface area (Å²) < 4.78 is 0. The van der Waals surface area contributed by atoms with Crippen molar-refractivity contribution in [3.05, 3.63) is 11.1 Å². The van der Waals surface area contributed by atoms with Crippen molar-refractivity contribution in [2.75, 3.05) is 24.5 Å². The van der Waals surface area contributed by atoms with Crippen LogP contribution in [-0.4, -0.2) is 53.4 Å². The third kappa shape index (κ3) is 3.19. The number of nitrogens with zero attached hydrogens (tertiary/aromatic N) is 3. The second-order valence-electron chi connectivity index (χ2n) is 7.01. The number of piperidine rings is 1. The lowest BCUT2D eigenvalue weighted by molar-refractivity contribution is -0.121. The number of thiazole rings is 1. The number of carbonyl (C=O) groups is 2. The predicted octanol–water partition coefficient (Wildman–Crippen LogP) is 1.56. The van der Waals surface area contributed by atoms with Gasteiger partial charge in [0.25, 0.3) is 0 Å². The minimum atomic E-state index is 0.0528. The summed E-state index contributed by atoms with van der Waals surface area (Å²) in [6.45, 7) is 3.03. The van der Waals surface area contributed by atoms with Crippen LogP contribution in [0.2, 0.25) is 0 Å². The van der Waals surface area contributed by atoms with Crippen LogP contribution in [-0.2, 0) is 16.0 Å². The number of carbonyl (C=O) groups excluding carboxylic acids is 2. The van der Waals surface area contributed by atoms with E-state index in [4.69, 9.17) is 0 Å². The molecule has 1 aromatic heterocycles. The quantitative estimate of drug-likeness (QED) is 0.897. The van der Waals surface area contributed by atoms with Gasteiger partial charge in [-0.2, -0.15) is 0 Å². The van der Waals surface area contributed by atoms with Gasteiger partial charge in [0.15, 0.2) is 5.13 Å². The topological polar surface area (TPSA) is 65.5 Å². The van der Waals surface area contributed by atoms with Crippen LogP contribution in [0.5, 0.6) is 0 Å². The monoisotopic (exact) mass is 348 g/mol. The van der Waals surface area contributed by atoms with Crippen molar-refractivity contribution in [1.82, 2.24) is 15.2 Å². The van der Waals surface area contributed by atoms with Crippen molar-refractivity contribution in [3.63, 3.8) is 0 Å². The van der Waals surface area contributed by atoms with Gasteiger partial charge in [0.05, 0.1) is 12.1 Å². The molecule has 2 atom stereocenters. The van der Waals surface area contributed by atoms with Crippen LogP contribution < -0.4 is 10.2 Å². The molecule has 0 radical (unpaired) electrons. The molecule has 4 heterocycles. The maximum absolute atomic E-state index is 12.4. The van der Waals surface area contributed by atoms with Crippen molar-refractivity contribution in [2.45, 2.75) is 57.0 Å². The summed E-state index contributed by atoms with van der Waals surface area (Å²) in [4.78, 5) is 32.9. The number of anilines is 1. The molecule has 130 valence electrons. The molecule has 0 spiro atoms. The van der Waals surface area contributed by atoms with Crippen LogP contribution in [0.3, 0.4) is 0 Å². The molecule has 3 aliphatic rings. The van der Waals surface area contributed by atoms with E-state index < -0.39 is 0 Å². The lowest BCUT2D eigenvalue weighted by atomic mass is 9.99. The van der Waals surface area contributed by atoms with Gasteiger partial charge in [-0.3, -0.25) is 19.4 Å². The summed E-state index contributed by atoms with van der Waals surface area (Å²) in [5, 5.41) is 5.86. The lowest BCUT2D eigenvalue weighted by Crippen LogP contribution is -2.47. The van der Waals surface area contributed by atoms with Gasteiger partial charge in [-0.1, -0.05) is 6.42 Å². The fraction of sp³-hybridized carbons (Fsp3) is 0.706. The third-order valence-corrected chi connectivity index (χ3v) is 6.30. The summed E-state index contributed by atoms with van der Waals surface area (Å²) >= 11 is 1.46. The number of fused-ring (bicyclic) bond motifs is 1. The van der Waals surface area contributed by atoms with Crippen molar-refractivity contribution in [1.29, 1.82) is 0 Å². The number of nitrogens with one attached hydrogen (secondary N) is 1. The van der Waals surface area contributed by atoms with Crippen LogP contribution in [0.25, 0.3) is 0 Å². The minimum absolute atomic E-state index is 0.0528. The Bertz CT molecular complexity index is 632. The Labute approximate surface area is 146 Å². The Hall–Kier alpha value is -1.47. The molecule has 3 aliphatic heterocycles. The molecule has 7 heteroatoms. The number of hydrogen-bond acceptors (Lipinski definition) is 5. The zero-order valence-corrected chi connectivity index (χ0v) is 14.7. The van der Waals surface area contributed by atoms with E-state index in [1.54, 1.807) is 4.90 Å². The number of hydrogen-bond donors (Lipinski definition) is 1. The highest BCUT2D eigenvalue weighted by atomic mass is 32.1. The Balaban J connectivity index is 1.33. The van der Waals surface area contributed by atoms with E-state index in [0.29, 0.717) is 18.9 Å². The average molecular weight is 348 g/mol. The summed E-state index contributed by atoms with van der Waals surface area (Å²) in [6.07, 6.45) is 6.62. The largest absolute Gasteiger partial charge is 0.351 e. The Morgan fingerprint density at radius 3 is 3.00 bits per heavy atom. The standard InChI is InChI=1S/C17H24N4O2S/c22-15(19-13-6-9-20-7-2-1-4-14(13)20)10-12-11-24-17(18-12)21-8-3-5-16(21)23/h11,13-14H,1-10H2,(H,19,22)/t13-,14-/m1/s1. The van der Waals surface area contributed by atoms with Crippen LogP contribution in [0.4, 0.5) is 5.13 Å². The molecule has 0 unspecified atom stereocenters. The summed E-state index contributed by atoms with van der Waals surface area (Å²) in [7, 11) is 0. The van der Waals surface area contributed by atoms with Gasteiger partial charge in [-0.05, 0) is 32.2 Å². The molecule has 6 nitrogen and oxygen atoms in total. The van der Waals surface area contributed by atoms with E-state index in [-0.39, 0.29) is 17.9 Å². The molecule has 3 fully saturated rings. The van der Waals surface area contributed by atoms with Crippen molar-refractivity contribution in [3.8, 4) is 0 Å². The van der Waals surface area contributed by atoms with Gasteiger partial charge < -0.3 is 5.32 Å². The highest BCUT2D eigenvalue weighted by molar-refractivity contribution is 7.14. The number of aromatic nitrogens is 1. The third-order valence-electron chi connectivity index (χ3n) is 5.39.